The molecule has 0 spiro atoms. The summed E-state index contributed by atoms with van der Waals surface area (Å²) in [5.74, 6) is 0.545. The first-order valence-corrected chi connectivity index (χ1v) is 4.60. The Kier molecular flexibility index (Phi) is 2.41. The predicted molar refractivity (Wildman–Crippen MR) is 57.7 cm³/mol. The van der Waals surface area contributed by atoms with Gasteiger partial charge >= 0.3 is 0 Å². The number of hydrogen-bond acceptors (Lipinski definition) is 3. The van der Waals surface area contributed by atoms with Crippen LogP contribution in [0.4, 0.5) is 0 Å². The minimum Gasteiger partial charge on any atom is -0.450 e. The van der Waals surface area contributed by atoms with Gasteiger partial charge in [0.15, 0.2) is 10.5 Å². The zero-order chi connectivity index (χ0) is 9.97. The Morgan fingerprint density at radius 1 is 1.07 bits per heavy atom. The van der Waals surface area contributed by atoms with E-state index in [4.69, 9.17) is 4.42 Å². The van der Waals surface area contributed by atoms with Crippen molar-refractivity contribution in [3.05, 3.63) is 52.7 Å². The van der Waals surface area contributed by atoms with Gasteiger partial charge in [-0.25, -0.2) is 0 Å². The summed E-state index contributed by atoms with van der Waals surface area (Å²) in [7, 11) is 0. The maximum atomic E-state index is 11.2. The molecule has 2 aromatic rings. The summed E-state index contributed by atoms with van der Waals surface area (Å²) in [5, 5.41) is 0.330. The number of benzene rings is 1. The fraction of sp³-hybridized carbons (Fsp3) is 0. The van der Waals surface area contributed by atoms with Crippen LogP contribution < -0.4 is 5.43 Å². The summed E-state index contributed by atoms with van der Waals surface area (Å²) < 4.78 is 5.31. The van der Waals surface area contributed by atoms with Crippen LogP contribution in [0.15, 0.2) is 56.8 Å². The predicted octanol–water partition coefficient (Wildman–Crippen LogP) is 2.60. The van der Waals surface area contributed by atoms with Gasteiger partial charge in [-0.15, -0.1) is 12.6 Å². The lowest BCUT2D eigenvalue weighted by molar-refractivity contribution is 0.469. The fourth-order valence-electron chi connectivity index (χ4n) is 1.21. The van der Waals surface area contributed by atoms with Crippen molar-refractivity contribution in [2.75, 3.05) is 0 Å². The second-order valence-electron chi connectivity index (χ2n) is 2.86. The molecule has 0 unspecified atom stereocenters. The van der Waals surface area contributed by atoms with E-state index < -0.39 is 0 Å². The summed E-state index contributed by atoms with van der Waals surface area (Å²) in [5.41, 5.74) is 0.778. The Balaban J connectivity index is 2.58. The lowest BCUT2D eigenvalue weighted by atomic mass is 10.2. The highest BCUT2D eigenvalue weighted by atomic mass is 32.1. The molecule has 0 fully saturated rings. The van der Waals surface area contributed by atoms with E-state index in [0.717, 1.165) is 5.56 Å². The molecule has 0 radical (unpaired) electrons. The highest BCUT2D eigenvalue weighted by molar-refractivity contribution is 7.80. The fourth-order valence-corrected chi connectivity index (χ4v) is 1.43. The number of rotatable bonds is 1. The van der Waals surface area contributed by atoms with E-state index in [1.165, 1.54) is 12.1 Å². The number of thiol groups is 1. The first kappa shape index (κ1) is 9.09. The number of hydrogen-bond donors (Lipinski definition) is 1. The molecule has 3 heteroatoms. The van der Waals surface area contributed by atoms with Gasteiger partial charge in [0.05, 0.1) is 0 Å². The van der Waals surface area contributed by atoms with Crippen LogP contribution in [0.1, 0.15) is 0 Å². The molecule has 1 aromatic heterocycles. The van der Waals surface area contributed by atoms with Crippen LogP contribution in [0.25, 0.3) is 11.3 Å². The van der Waals surface area contributed by atoms with E-state index in [0.29, 0.717) is 10.9 Å². The average Bonchev–Trinajstić information content (AvgIpc) is 2.18. The maximum absolute atomic E-state index is 11.2. The third kappa shape index (κ3) is 1.88. The van der Waals surface area contributed by atoms with E-state index >= 15 is 0 Å². The lowest BCUT2D eigenvalue weighted by Gasteiger charge is -1.99. The molecular formula is C11H8O2S. The van der Waals surface area contributed by atoms with Gasteiger partial charge in [0, 0.05) is 17.7 Å². The zero-order valence-corrected chi connectivity index (χ0v) is 8.20. The van der Waals surface area contributed by atoms with Gasteiger partial charge in [-0.05, 0) is 0 Å². The van der Waals surface area contributed by atoms with Crippen molar-refractivity contribution in [3.63, 3.8) is 0 Å². The van der Waals surface area contributed by atoms with E-state index in [-0.39, 0.29) is 5.43 Å². The summed E-state index contributed by atoms with van der Waals surface area (Å²) in [6.07, 6.45) is 0. The zero-order valence-electron chi connectivity index (χ0n) is 7.31. The lowest BCUT2D eigenvalue weighted by Crippen LogP contribution is -1.96. The van der Waals surface area contributed by atoms with Crippen molar-refractivity contribution in [2.24, 2.45) is 0 Å². The van der Waals surface area contributed by atoms with Crippen molar-refractivity contribution >= 4 is 12.6 Å². The van der Waals surface area contributed by atoms with Crippen LogP contribution >= 0.6 is 12.6 Å². The Bertz CT molecular complexity index is 488. The molecule has 1 heterocycles. The van der Waals surface area contributed by atoms with Gasteiger partial charge in [-0.1, -0.05) is 30.3 Å². The molecule has 14 heavy (non-hydrogen) atoms. The molecule has 0 bridgehead atoms. The molecule has 2 rings (SSSR count). The van der Waals surface area contributed by atoms with E-state index in [1.54, 1.807) is 0 Å². The summed E-state index contributed by atoms with van der Waals surface area (Å²) in [4.78, 5) is 11.2. The van der Waals surface area contributed by atoms with Gasteiger partial charge in [0.1, 0.15) is 5.76 Å². The minimum absolute atomic E-state index is 0.0971. The van der Waals surface area contributed by atoms with Gasteiger partial charge in [-0.3, -0.25) is 4.79 Å². The molecule has 1 aromatic carbocycles. The topological polar surface area (TPSA) is 30.2 Å². The molecular weight excluding hydrogens is 196 g/mol. The minimum atomic E-state index is -0.0971. The average molecular weight is 204 g/mol. The van der Waals surface area contributed by atoms with Crippen LogP contribution in [0, 0.1) is 0 Å². The van der Waals surface area contributed by atoms with Crippen molar-refractivity contribution in [1.29, 1.82) is 0 Å². The van der Waals surface area contributed by atoms with Crippen molar-refractivity contribution in [1.82, 2.24) is 0 Å². The molecule has 0 saturated heterocycles. The molecule has 0 aliphatic heterocycles. The Morgan fingerprint density at radius 2 is 1.79 bits per heavy atom. The standard InChI is InChI=1S/C11H8O2S/c12-9-6-10(13-11(14)7-9)8-4-2-1-3-5-8/h1-7,14H. The normalized spacial score (nSPS) is 10.1. The molecule has 2 nitrogen and oxygen atoms in total. The summed E-state index contributed by atoms with van der Waals surface area (Å²) in [6, 6.07) is 12.2. The molecule has 0 aliphatic carbocycles. The van der Waals surface area contributed by atoms with Gasteiger partial charge in [0.2, 0.25) is 0 Å². The van der Waals surface area contributed by atoms with Crippen LogP contribution in [0.3, 0.4) is 0 Å². The summed E-state index contributed by atoms with van der Waals surface area (Å²) in [6.45, 7) is 0. The first-order valence-electron chi connectivity index (χ1n) is 4.15. The third-order valence-corrected chi connectivity index (χ3v) is 2.03. The Morgan fingerprint density at radius 3 is 2.43 bits per heavy atom. The highest BCUT2D eigenvalue weighted by Gasteiger charge is 2.01. The maximum Gasteiger partial charge on any atom is 0.186 e. The molecule has 0 N–H and O–H groups in total. The second-order valence-corrected chi connectivity index (χ2v) is 3.30. The van der Waals surface area contributed by atoms with Crippen LogP contribution in [-0.2, 0) is 0 Å². The quantitative estimate of drug-likeness (QED) is 0.724. The van der Waals surface area contributed by atoms with E-state index in [1.807, 2.05) is 30.3 Å². The Labute approximate surface area is 86.6 Å². The van der Waals surface area contributed by atoms with Crippen LogP contribution in [-0.4, -0.2) is 0 Å². The van der Waals surface area contributed by atoms with Crippen molar-refractivity contribution < 1.29 is 4.42 Å². The highest BCUT2D eigenvalue weighted by Crippen LogP contribution is 2.19. The van der Waals surface area contributed by atoms with E-state index in [9.17, 15) is 4.79 Å². The largest absolute Gasteiger partial charge is 0.450 e. The molecule has 70 valence electrons. The van der Waals surface area contributed by atoms with Crippen LogP contribution in [0.5, 0.6) is 0 Å². The SMILES string of the molecule is O=c1cc(S)oc(-c2ccccc2)c1. The van der Waals surface area contributed by atoms with Crippen LogP contribution in [0.2, 0.25) is 0 Å². The second kappa shape index (κ2) is 3.72. The van der Waals surface area contributed by atoms with Gasteiger partial charge in [0.25, 0.3) is 0 Å². The monoisotopic (exact) mass is 204 g/mol. The summed E-state index contributed by atoms with van der Waals surface area (Å²) >= 11 is 4.01. The van der Waals surface area contributed by atoms with Crippen molar-refractivity contribution in [2.45, 2.75) is 5.09 Å². The molecule has 0 aliphatic rings. The first-order chi connectivity index (χ1) is 6.75. The Hall–Kier alpha value is -1.48. The van der Waals surface area contributed by atoms with Crippen molar-refractivity contribution in [3.8, 4) is 11.3 Å². The third-order valence-electron chi connectivity index (χ3n) is 1.81. The van der Waals surface area contributed by atoms with Gasteiger partial charge in [-0.2, -0.15) is 0 Å². The molecule has 0 amide bonds. The van der Waals surface area contributed by atoms with Gasteiger partial charge < -0.3 is 4.42 Å². The molecule has 0 saturated carbocycles. The van der Waals surface area contributed by atoms with E-state index in [2.05, 4.69) is 12.6 Å². The molecule has 0 atom stereocenters. The smallest absolute Gasteiger partial charge is 0.186 e.